The Morgan fingerprint density at radius 1 is 0.921 bits per heavy atom. The first-order chi connectivity index (χ1) is 18.2. The highest BCUT2D eigenvalue weighted by atomic mass is 16.3. The molecule has 7 heteroatoms. The lowest BCUT2D eigenvalue weighted by atomic mass is 9.59. The Hall–Kier alpha value is -4.26. The van der Waals surface area contributed by atoms with Crippen molar-refractivity contribution >= 4 is 23.4 Å². The minimum Gasteiger partial charge on any atom is -0.508 e. The van der Waals surface area contributed by atoms with Crippen LogP contribution >= 0.6 is 0 Å². The Kier molecular flexibility index (Phi) is 5.67. The number of allylic oxidation sites excluding steroid dienone is 6. The largest absolute Gasteiger partial charge is 0.508 e. The number of fused-ring (bicyclic) bond motifs is 3. The van der Waals surface area contributed by atoms with Crippen LogP contribution in [0.15, 0.2) is 83.0 Å². The fraction of sp³-hybridized carbons (Fsp3) is 0.290. The summed E-state index contributed by atoms with van der Waals surface area (Å²) in [4.78, 5) is 55.0. The Labute approximate surface area is 219 Å². The average molecular weight is 510 g/mol. The molecule has 2 amide bonds. The lowest BCUT2D eigenvalue weighted by molar-refractivity contribution is -0.140. The van der Waals surface area contributed by atoms with Gasteiger partial charge in [-0.2, -0.15) is 0 Å². The van der Waals surface area contributed by atoms with Crippen LogP contribution in [0.2, 0.25) is 0 Å². The number of phenols is 2. The second-order valence-electron chi connectivity index (χ2n) is 10.6. The molecule has 0 bridgehead atoms. The van der Waals surface area contributed by atoms with Crippen LogP contribution in [0.25, 0.3) is 0 Å². The smallest absolute Gasteiger partial charge is 0.233 e. The van der Waals surface area contributed by atoms with E-state index in [1.807, 2.05) is 12.1 Å². The Morgan fingerprint density at radius 3 is 2.42 bits per heavy atom. The molecular formula is C31H27NO6. The van der Waals surface area contributed by atoms with Gasteiger partial charge in [0.2, 0.25) is 11.8 Å². The summed E-state index contributed by atoms with van der Waals surface area (Å²) in [6, 6.07) is 13.4. The van der Waals surface area contributed by atoms with Gasteiger partial charge in [-0.1, -0.05) is 35.9 Å². The van der Waals surface area contributed by atoms with Gasteiger partial charge in [-0.05, 0) is 73.6 Å². The molecule has 2 aromatic rings. The number of likely N-dealkylation sites (tertiary alicyclic amines) is 1. The van der Waals surface area contributed by atoms with Crippen molar-refractivity contribution in [1.82, 2.24) is 4.90 Å². The predicted molar refractivity (Wildman–Crippen MR) is 138 cm³/mol. The molecule has 6 rings (SSSR count). The van der Waals surface area contributed by atoms with Crippen LogP contribution in [0.5, 0.6) is 11.5 Å². The van der Waals surface area contributed by atoms with Crippen LogP contribution in [0.1, 0.15) is 36.8 Å². The summed E-state index contributed by atoms with van der Waals surface area (Å²) in [5.74, 6) is -2.74. The average Bonchev–Trinajstić information content (AvgIpc) is 3.15. The molecule has 0 radical (unpaired) electrons. The zero-order valence-corrected chi connectivity index (χ0v) is 20.9. The van der Waals surface area contributed by atoms with Gasteiger partial charge in [-0.15, -0.1) is 0 Å². The van der Waals surface area contributed by atoms with Crippen molar-refractivity contribution in [1.29, 1.82) is 0 Å². The number of nitrogens with zero attached hydrogens (tertiary/aromatic N) is 1. The molecule has 0 unspecified atom stereocenters. The second kappa shape index (κ2) is 8.94. The third kappa shape index (κ3) is 3.72. The summed E-state index contributed by atoms with van der Waals surface area (Å²) < 4.78 is 0. The molecule has 4 atom stereocenters. The molecule has 0 saturated carbocycles. The molecule has 1 aliphatic heterocycles. The van der Waals surface area contributed by atoms with Gasteiger partial charge < -0.3 is 10.2 Å². The molecule has 38 heavy (non-hydrogen) atoms. The van der Waals surface area contributed by atoms with Gasteiger partial charge in [-0.25, -0.2) is 0 Å². The fourth-order valence-corrected chi connectivity index (χ4v) is 6.65. The SMILES string of the molecule is CC1=CC(=O)C2=C(C[C@@H]3C(=CC[C@@H]4C(=O)N(CCc5ccc(O)cc5)C(=O)[C@@H]43)[C@@H]2c2cccc(O)c2)C1=O. The summed E-state index contributed by atoms with van der Waals surface area (Å²) in [7, 11) is 0. The molecule has 1 fully saturated rings. The zero-order chi connectivity index (χ0) is 26.7. The first-order valence-corrected chi connectivity index (χ1v) is 12.9. The van der Waals surface area contributed by atoms with Crippen LogP contribution in [-0.4, -0.2) is 45.0 Å². The van der Waals surface area contributed by atoms with Gasteiger partial charge in [-0.3, -0.25) is 24.1 Å². The number of phenolic OH excluding ortho intramolecular Hbond substituents is 2. The summed E-state index contributed by atoms with van der Waals surface area (Å²) in [5, 5.41) is 19.7. The van der Waals surface area contributed by atoms with Gasteiger partial charge in [0.05, 0.1) is 11.8 Å². The number of hydrogen-bond donors (Lipinski definition) is 2. The van der Waals surface area contributed by atoms with E-state index in [1.54, 1.807) is 49.4 Å². The number of carbonyl (C=O) groups excluding carboxylic acids is 4. The van der Waals surface area contributed by atoms with Gasteiger partial charge in [0, 0.05) is 29.2 Å². The predicted octanol–water partition coefficient (Wildman–Crippen LogP) is 3.77. The second-order valence-corrected chi connectivity index (χ2v) is 10.6. The molecule has 0 spiro atoms. The fourth-order valence-electron chi connectivity index (χ4n) is 6.65. The van der Waals surface area contributed by atoms with E-state index in [9.17, 15) is 29.4 Å². The maximum absolute atomic E-state index is 13.8. The molecule has 3 aliphatic carbocycles. The van der Waals surface area contributed by atoms with Gasteiger partial charge in [0.25, 0.3) is 0 Å². The van der Waals surface area contributed by atoms with Crippen LogP contribution in [0.4, 0.5) is 0 Å². The number of imide groups is 1. The minimum atomic E-state index is -0.606. The number of carbonyl (C=O) groups is 4. The molecule has 0 aromatic heterocycles. The van der Waals surface area contributed by atoms with E-state index >= 15 is 0 Å². The van der Waals surface area contributed by atoms with Crippen molar-refractivity contribution in [2.75, 3.05) is 6.54 Å². The molecule has 2 aromatic carbocycles. The monoisotopic (exact) mass is 509 g/mol. The van der Waals surface area contributed by atoms with Gasteiger partial charge in [0.1, 0.15) is 11.5 Å². The number of Topliss-reactive ketones (excluding diaryl/α,β-unsaturated/α-hetero) is 1. The van der Waals surface area contributed by atoms with Crippen molar-refractivity contribution in [3.63, 3.8) is 0 Å². The number of hydrogen-bond acceptors (Lipinski definition) is 6. The van der Waals surface area contributed by atoms with Gasteiger partial charge >= 0.3 is 0 Å². The molecule has 4 aliphatic rings. The maximum atomic E-state index is 13.8. The van der Waals surface area contributed by atoms with E-state index in [-0.39, 0.29) is 47.8 Å². The highest BCUT2D eigenvalue weighted by Gasteiger charge is 2.56. The van der Waals surface area contributed by atoms with Crippen LogP contribution < -0.4 is 0 Å². The molecular weight excluding hydrogens is 482 g/mol. The summed E-state index contributed by atoms with van der Waals surface area (Å²) in [5.41, 5.74) is 3.64. The van der Waals surface area contributed by atoms with Crippen LogP contribution in [-0.2, 0) is 25.6 Å². The molecule has 2 N–H and O–H groups in total. The number of rotatable bonds is 4. The summed E-state index contributed by atoms with van der Waals surface area (Å²) >= 11 is 0. The van der Waals surface area contributed by atoms with E-state index in [2.05, 4.69) is 0 Å². The highest BCUT2D eigenvalue weighted by Crippen LogP contribution is 2.55. The van der Waals surface area contributed by atoms with Crippen LogP contribution in [0.3, 0.4) is 0 Å². The maximum Gasteiger partial charge on any atom is 0.233 e. The van der Waals surface area contributed by atoms with Crippen molar-refractivity contribution in [2.45, 2.75) is 32.1 Å². The van der Waals surface area contributed by atoms with E-state index in [0.29, 0.717) is 35.1 Å². The Bertz CT molecular complexity index is 1490. The van der Waals surface area contributed by atoms with Crippen molar-refractivity contribution < 1.29 is 29.4 Å². The summed E-state index contributed by atoms with van der Waals surface area (Å²) in [6.45, 7) is 1.86. The third-order valence-electron chi connectivity index (χ3n) is 8.42. The van der Waals surface area contributed by atoms with Crippen molar-refractivity contribution in [3.8, 4) is 11.5 Å². The first-order valence-electron chi connectivity index (χ1n) is 12.9. The topological polar surface area (TPSA) is 112 Å². The van der Waals surface area contributed by atoms with E-state index in [4.69, 9.17) is 0 Å². The molecule has 1 heterocycles. The van der Waals surface area contributed by atoms with Crippen molar-refractivity contribution in [3.05, 3.63) is 94.1 Å². The minimum absolute atomic E-state index is 0.0508. The third-order valence-corrected chi connectivity index (χ3v) is 8.42. The van der Waals surface area contributed by atoms with E-state index in [1.165, 1.54) is 11.0 Å². The lowest BCUT2D eigenvalue weighted by Crippen LogP contribution is -2.40. The van der Waals surface area contributed by atoms with E-state index < -0.39 is 23.7 Å². The lowest BCUT2D eigenvalue weighted by Gasteiger charge is -2.42. The van der Waals surface area contributed by atoms with Crippen LogP contribution in [0, 0.1) is 17.8 Å². The molecule has 192 valence electrons. The molecule has 1 saturated heterocycles. The first kappa shape index (κ1) is 24.1. The van der Waals surface area contributed by atoms with Gasteiger partial charge in [0.15, 0.2) is 11.6 Å². The Morgan fingerprint density at radius 2 is 1.68 bits per heavy atom. The molecule has 7 nitrogen and oxygen atoms in total. The number of ketones is 2. The Balaban J connectivity index is 1.37. The highest BCUT2D eigenvalue weighted by molar-refractivity contribution is 6.23. The van der Waals surface area contributed by atoms with Crippen molar-refractivity contribution in [2.24, 2.45) is 17.8 Å². The number of amides is 2. The number of benzene rings is 2. The summed E-state index contributed by atoms with van der Waals surface area (Å²) in [6.07, 6.45) is 4.44. The zero-order valence-electron chi connectivity index (χ0n) is 20.9. The number of aromatic hydroxyl groups is 2. The normalized spacial score (nSPS) is 26.6. The van der Waals surface area contributed by atoms with E-state index in [0.717, 1.165) is 11.1 Å². The quantitative estimate of drug-likeness (QED) is 0.369. The standard InChI is InChI=1S/C31H27NO6/c1-16-13-25(35)28-24(29(16)36)15-23-21(26(28)18-3-2-4-20(34)14-18)9-10-22-27(23)31(38)32(30(22)37)12-11-17-5-7-19(33)8-6-17/h2-9,13-14,22-23,26-27,33-34H,10-12,15H2,1H3/t22-,23+,26-,27-/m0/s1.